The molecule has 0 aliphatic heterocycles. The lowest BCUT2D eigenvalue weighted by Gasteiger charge is -2.13. The fourth-order valence-corrected chi connectivity index (χ4v) is 3.84. The van der Waals surface area contributed by atoms with Crippen LogP contribution in [0.5, 0.6) is 0 Å². The van der Waals surface area contributed by atoms with Crippen molar-refractivity contribution in [2.45, 2.75) is 30.6 Å². The number of hydrogen-bond donors (Lipinski definition) is 2. The Morgan fingerprint density at radius 2 is 1.88 bits per heavy atom. The summed E-state index contributed by atoms with van der Waals surface area (Å²) in [7, 11) is -3.78. The molecule has 1 amide bonds. The van der Waals surface area contributed by atoms with E-state index in [4.69, 9.17) is 0 Å². The largest absolute Gasteiger partial charge is 0.352 e. The summed E-state index contributed by atoms with van der Waals surface area (Å²) in [6.45, 7) is 6.33. The Bertz CT molecular complexity index is 893. The number of rotatable bonds is 7. The van der Waals surface area contributed by atoms with E-state index in [-0.39, 0.29) is 10.8 Å². The molecule has 2 N–H and O–H groups in total. The van der Waals surface area contributed by atoms with Gasteiger partial charge >= 0.3 is 0 Å². The Kier molecular flexibility index (Phi) is 6.72. The van der Waals surface area contributed by atoms with Gasteiger partial charge in [-0.05, 0) is 55.0 Å². The van der Waals surface area contributed by atoms with Gasteiger partial charge in [0.1, 0.15) is 0 Å². The minimum Gasteiger partial charge on any atom is -0.352 e. The number of carbonyl (C=O) groups is 1. The van der Waals surface area contributed by atoms with Gasteiger partial charge in [-0.1, -0.05) is 26.0 Å². The molecule has 0 fully saturated rings. The summed E-state index contributed by atoms with van der Waals surface area (Å²) in [6, 6.07) is 11.8. The van der Waals surface area contributed by atoms with Gasteiger partial charge in [0.05, 0.1) is 4.90 Å². The molecule has 0 spiro atoms. The number of anilines is 1. The zero-order valence-corrected chi connectivity index (χ0v) is 17.0. The van der Waals surface area contributed by atoms with Crippen LogP contribution in [0.25, 0.3) is 0 Å². The predicted octanol–water partition coefficient (Wildman–Crippen LogP) is 3.90. The van der Waals surface area contributed by atoms with Crippen LogP contribution in [0.2, 0.25) is 0 Å². The number of carbonyl (C=O) groups excluding carboxylic acids is 1. The van der Waals surface area contributed by atoms with Gasteiger partial charge in [0.25, 0.3) is 15.9 Å². The fraction of sp³-hybridized carbons (Fsp3) is 0.316. The number of benzene rings is 2. The summed E-state index contributed by atoms with van der Waals surface area (Å²) in [6.07, 6.45) is 1.93. The van der Waals surface area contributed by atoms with E-state index < -0.39 is 10.0 Å². The number of sulfonamides is 1. The van der Waals surface area contributed by atoms with Gasteiger partial charge in [0, 0.05) is 22.7 Å². The van der Waals surface area contributed by atoms with E-state index in [1.165, 1.54) is 23.9 Å². The summed E-state index contributed by atoms with van der Waals surface area (Å²) in [4.78, 5) is 13.4. The molecule has 7 heteroatoms. The van der Waals surface area contributed by atoms with Crippen LogP contribution in [0.4, 0.5) is 5.69 Å². The lowest BCUT2D eigenvalue weighted by molar-refractivity contribution is 0.0948. The maximum absolute atomic E-state index is 12.7. The van der Waals surface area contributed by atoms with Gasteiger partial charge in [0.2, 0.25) is 0 Å². The Balaban J connectivity index is 2.29. The molecule has 0 atom stereocenters. The van der Waals surface area contributed by atoms with Crippen LogP contribution in [0.15, 0.2) is 52.3 Å². The standard InChI is InChI=1S/C19H24N2O3S2/c1-13(2)12-20-19(22)18-11-17(9-8-14(18)3)26(23,24)21-15-6-5-7-16(10-15)25-4/h5-11,13,21H,12H2,1-4H3,(H,20,22). The van der Waals surface area contributed by atoms with E-state index in [1.807, 2.05) is 26.2 Å². The molecule has 2 rings (SSSR count). The molecule has 0 radical (unpaired) electrons. The molecule has 26 heavy (non-hydrogen) atoms. The first-order valence-electron chi connectivity index (χ1n) is 8.28. The van der Waals surface area contributed by atoms with Gasteiger partial charge in [0.15, 0.2) is 0 Å². The van der Waals surface area contributed by atoms with Crippen molar-refractivity contribution in [2.75, 3.05) is 17.5 Å². The van der Waals surface area contributed by atoms with Crippen LogP contribution >= 0.6 is 11.8 Å². The third-order valence-electron chi connectivity index (χ3n) is 3.76. The number of amides is 1. The highest BCUT2D eigenvalue weighted by molar-refractivity contribution is 7.98. The highest BCUT2D eigenvalue weighted by atomic mass is 32.2. The molecule has 0 aromatic heterocycles. The molecule has 0 aliphatic rings. The van der Waals surface area contributed by atoms with E-state index in [2.05, 4.69) is 10.0 Å². The smallest absolute Gasteiger partial charge is 0.261 e. The second kappa shape index (κ2) is 8.60. The normalized spacial score (nSPS) is 11.4. The second-order valence-corrected chi connectivity index (χ2v) is 8.98. The molecule has 0 saturated carbocycles. The van der Waals surface area contributed by atoms with E-state index in [0.717, 1.165) is 10.5 Å². The SMILES string of the molecule is CSc1cccc(NS(=O)(=O)c2ccc(C)c(C(=O)NCC(C)C)c2)c1. The van der Waals surface area contributed by atoms with E-state index in [0.29, 0.717) is 23.7 Å². The molecular weight excluding hydrogens is 368 g/mol. The summed E-state index contributed by atoms with van der Waals surface area (Å²) in [5, 5.41) is 2.83. The van der Waals surface area contributed by atoms with Crippen molar-refractivity contribution in [3.05, 3.63) is 53.6 Å². The topological polar surface area (TPSA) is 75.3 Å². The molecule has 0 bridgehead atoms. The van der Waals surface area contributed by atoms with Crippen molar-refractivity contribution >= 4 is 33.4 Å². The molecule has 0 saturated heterocycles. The summed E-state index contributed by atoms with van der Waals surface area (Å²) in [5.74, 6) is 0.0502. The molecule has 5 nitrogen and oxygen atoms in total. The molecule has 140 valence electrons. The van der Waals surface area contributed by atoms with Gasteiger partial charge in [-0.15, -0.1) is 11.8 Å². The Morgan fingerprint density at radius 3 is 2.54 bits per heavy atom. The van der Waals surface area contributed by atoms with Crippen molar-refractivity contribution in [3.8, 4) is 0 Å². The first-order valence-corrected chi connectivity index (χ1v) is 11.0. The van der Waals surface area contributed by atoms with E-state index >= 15 is 0 Å². The highest BCUT2D eigenvalue weighted by Crippen LogP contribution is 2.23. The summed E-state index contributed by atoms with van der Waals surface area (Å²) < 4.78 is 28.0. The lowest BCUT2D eigenvalue weighted by atomic mass is 10.1. The Morgan fingerprint density at radius 1 is 1.15 bits per heavy atom. The highest BCUT2D eigenvalue weighted by Gasteiger charge is 2.18. The third-order valence-corrected chi connectivity index (χ3v) is 5.86. The van der Waals surface area contributed by atoms with Crippen molar-refractivity contribution in [3.63, 3.8) is 0 Å². The minimum atomic E-state index is -3.78. The lowest BCUT2D eigenvalue weighted by Crippen LogP contribution is -2.28. The predicted molar refractivity (Wildman–Crippen MR) is 107 cm³/mol. The maximum Gasteiger partial charge on any atom is 0.261 e. The average Bonchev–Trinajstić information content (AvgIpc) is 2.59. The van der Waals surface area contributed by atoms with Crippen LogP contribution in [0.1, 0.15) is 29.8 Å². The van der Waals surface area contributed by atoms with E-state index in [9.17, 15) is 13.2 Å². The van der Waals surface area contributed by atoms with Gasteiger partial charge in [-0.2, -0.15) is 0 Å². The van der Waals surface area contributed by atoms with Gasteiger partial charge < -0.3 is 5.32 Å². The molecule has 2 aromatic rings. The van der Waals surface area contributed by atoms with Crippen LogP contribution in [0, 0.1) is 12.8 Å². The van der Waals surface area contributed by atoms with Gasteiger partial charge in [-0.25, -0.2) is 8.42 Å². The number of thioether (sulfide) groups is 1. The molecular formula is C19H24N2O3S2. The number of aryl methyl sites for hydroxylation is 1. The number of hydrogen-bond acceptors (Lipinski definition) is 4. The molecule has 0 heterocycles. The van der Waals surface area contributed by atoms with Crippen LogP contribution < -0.4 is 10.0 Å². The number of nitrogens with one attached hydrogen (secondary N) is 2. The second-order valence-electron chi connectivity index (χ2n) is 6.42. The van der Waals surface area contributed by atoms with Crippen LogP contribution in [-0.2, 0) is 10.0 Å². The Hall–Kier alpha value is -1.99. The molecule has 0 aliphatic carbocycles. The van der Waals surface area contributed by atoms with Crippen molar-refractivity contribution in [2.24, 2.45) is 5.92 Å². The molecule has 0 unspecified atom stereocenters. The Labute approximate surface area is 159 Å². The quantitative estimate of drug-likeness (QED) is 0.701. The summed E-state index contributed by atoms with van der Waals surface area (Å²) >= 11 is 1.53. The van der Waals surface area contributed by atoms with Gasteiger partial charge in [-0.3, -0.25) is 9.52 Å². The fourth-order valence-electron chi connectivity index (χ4n) is 2.31. The van der Waals surface area contributed by atoms with Crippen molar-refractivity contribution < 1.29 is 13.2 Å². The maximum atomic E-state index is 12.7. The first kappa shape index (κ1) is 20.3. The monoisotopic (exact) mass is 392 g/mol. The third kappa shape index (κ3) is 5.25. The first-order chi connectivity index (χ1) is 12.2. The van der Waals surface area contributed by atoms with E-state index in [1.54, 1.807) is 31.2 Å². The molecule has 2 aromatic carbocycles. The van der Waals surface area contributed by atoms with Crippen molar-refractivity contribution in [1.29, 1.82) is 0 Å². The van der Waals surface area contributed by atoms with Crippen molar-refractivity contribution in [1.82, 2.24) is 5.32 Å². The van der Waals surface area contributed by atoms with Crippen LogP contribution in [-0.4, -0.2) is 27.1 Å². The van der Waals surface area contributed by atoms with Crippen LogP contribution in [0.3, 0.4) is 0 Å². The zero-order chi connectivity index (χ0) is 19.3. The zero-order valence-electron chi connectivity index (χ0n) is 15.4. The average molecular weight is 393 g/mol. The minimum absolute atomic E-state index is 0.0624. The summed E-state index contributed by atoms with van der Waals surface area (Å²) in [5.41, 5.74) is 1.59.